The molecule has 0 aliphatic heterocycles. The van der Waals surface area contributed by atoms with Gasteiger partial charge in [-0.15, -0.1) is 11.3 Å². The van der Waals surface area contributed by atoms with Gasteiger partial charge in [-0.1, -0.05) is 6.07 Å². The van der Waals surface area contributed by atoms with Crippen molar-refractivity contribution < 1.29 is 9.47 Å². The first kappa shape index (κ1) is 20.0. The number of ether oxygens (including phenoxy) is 2. The zero-order valence-corrected chi connectivity index (χ0v) is 17.0. The summed E-state index contributed by atoms with van der Waals surface area (Å²) in [5, 5.41) is 7.67. The van der Waals surface area contributed by atoms with Crippen LogP contribution in [0.1, 0.15) is 35.0 Å². The lowest BCUT2D eigenvalue weighted by molar-refractivity contribution is 0.310. The van der Waals surface area contributed by atoms with Gasteiger partial charge in [0.1, 0.15) is 5.01 Å². The predicted octanol–water partition coefficient (Wildman–Crippen LogP) is 3.42. The number of benzene rings is 1. The van der Waals surface area contributed by atoms with Crippen LogP contribution in [0, 0.1) is 13.8 Å². The Morgan fingerprint density at radius 3 is 2.62 bits per heavy atom. The summed E-state index contributed by atoms with van der Waals surface area (Å²) in [6, 6.07) is 5.89. The van der Waals surface area contributed by atoms with Gasteiger partial charge in [-0.05, 0) is 45.4 Å². The van der Waals surface area contributed by atoms with E-state index in [1.807, 2.05) is 32.0 Å². The van der Waals surface area contributed by atoms with Crippen molar-refractivity contribution in [3.05, 3.63) is 39.3 Å². The van der Waals surface area contributed by atoms with Crippen molar-refractivity contribution in [2.24, 2.45) is 4.99 Å². The molecule has 2 aromatic rings. The number of rotatable bonds is 8. The summed E-state index contributed by atoms with van der Waals surface area (Å²) in [6.45, 7) is 10.8. The van der Waals surface area contributed by atoms with Crippen LogP contribution >= 0.6 is 11.3 Å². The molecule has 0 aliphatic rings. The van der Waals surface area contributed by atoms with Crippen LogP contribution in [0.2, 0.25) is 0 Å². The Labute approximate surface area is 159 Å². The molecule has 1 aromatic heterocycles. The van der Waals surface area contributed by atoms with Crippen molar-refractivity contribution in [3.63, 3.8) is 0 Å². The second-order valence-electron chi connectivity index (χ2n) is 5.72. The second kappa shape index (κ2) is 10.0. The molecular weight excluding hydrogens is 348 g/mol. The molecular formula is C19H28N4O2S. The van der Waals surface area contributed by atoms with E-state index in [0.717, 1.165) is 40.3 Å². The maximum absolute atomic E-state index is 5.63. The molecule has 0 fully saturated rings. The third kappa shape index (κ3) is 5.62. The first-order valence-corrected chi connectivity index (χ1v) is 9.63. The normalized spacial score (nSPS) is 11.3. The van der Waals surface area contributed by atoms with Gasteiger partial charge in [0, 0.05) is 11.4 Å². The molecule has 0 radical (unpaired) electrons. The monoisotopic (exact) mass is 376 g/mol. The van der Waals surface area contributed by atoms with Crippen LogP contribution in [0.25, 0.3) is 0 Å². The van der Waals surface area contributed by atoms with Crippen LogP contribution in [0.3, 0.4) is 0 Å². The average molecular weight is 377 g/mol. The Morgan fingerprint density at radius 1 is 1.19 bits per heavy atom. The smallest absolute Gasteiger partial charge is 0.191 e. The van der Waals surface area contributed by atoms with Crippen LogP contribution < -0.4 is 20.1 Å². The van der Waals surface area contributed by atoms with E-state index in [4.69, 9.17) is 9.47 Å². The van der Waals surface area contributed by atoms with Crippen molar-refractivity contribution >= 4 is 17.3 Å². The predicted molar refractivity (Wildman–Crippen MR) is 107 cm³/mol. The number of nitrogens with one attached hydrogen (secondary N) is 2. The highest BCUT2D eigenvalue weighted by atomic mass is 32.1. The van der Waals surface area contributed by atoms with Crippen LogP contribution in [-0.4, -0.2) is 31.2 Å². The van der Waals surface area contributed by atoms with E-state index in [1.165, 1.54) is 4.88 Å². The van der Waals surface area contributed by atoms with Gasteiger partial charge < -0.3 is 20.1 Å². The summed E-state index contributed by atoms with van der Waals surface area (Å²) in [5.74, 6) is 2.25. The molecule has 0 saturated carbocycles. The third-order valence-corrected chi connectivity index (χ3v) is 4.84. The van der Waals surface area contributed by atoms with Crippen molar-refractivity contribution in [2.45, 2.75) is 40.8 Å². The summed E-state index contributed by atoms with van der Waals surface area (Å²) in [7, 11) is 1.64. The fourth-order valence-electron chi connectivity index (χ4n) is 2.37. The number of hydrogen-bond donors (Lipinski definition) is 2. The van der Waals surface area contributed by atoms with Gasteiger partial charge in [0.25, 0.3) is 0 Å². The second-order valence-corrected chi connectivity index (χ2v) is 7.00. The number of nitrogens with zero attached hydrogens (tertiary/aromatic N) is 2. The maximum atomic E-state index is 5.63. The highest BCUT2D eigenvalue weighted by Gasteiger charge is 2.07. The molecule has 2 rings (SSSR count). The Kier molecular flexibility index (Phi) is 7.72. The van der Waals surface area contributed by atoms with Crippen LogP contribution in [0.5, 0.6) is 11.5 Å². The maximum Gasteiger partial charge on any atom is 0.191 e. The minimum atomic E-state index is 0.551. The lowest BCUT2D eigenvalue weighted by Crippen LogP contribution is -2.36. The Bertz CT molecular complexity index is 724. The third-order valence-electron chi connectivity index (χ3n) is 3.77. The number of aromatic nitrogens is 1. The Balaban J connectivity index is 2.04. The molecule has 7 heteroatoms. The number of aryl methyl sites for hydroxylation is 2. The van der Waals surface area contributed by atoms with Gasteiger partial charge in [-0.25, -0.2) is 9.98 Å². The minimum Gasteiger partial charge on any atom is -0.493 e. The summed E-state index contributed by atoms with van der Waals surface area (Å²) in [6.07, 6.45) is 0. The molecule has 0 atom stereocenters. The molecule has 0 unspecified atom stereocenters. The lowest BCUT2D eigenvalue weighted by atomic mass is 10.2. The van der Waals surface area contributed by atoms with Gasteiger partial charge in [0.2, 0.25) is 0 Å². The zero-order chi connectivity index (χ0) is 18.9. The van der Waals surface area contributed by atoms with Gasteiger partial charge in [-0.2, -0.15) is 0 Å². The molecule has 0 saturated heterocycles. The van der Waals surface area contributed by atoms with E-state index in [2.05, 4.69) is 34.5 Å². The Morgan fingerprint density at radius 2 is 2.00 bits per heavy atom. The highest BCUT2D eigenvalue weighted by Crippen LogP contribution is 2.28. The molecule has 26 heavy (non-hydrogen) atoms. The molecule has 1 heterocycles. The highest BCUT2D eigenvalue weighted by molar-refractivity contribution is 7.11. The fraction of sp³-hybridized carbons (Fsp3) is 0.474. The van der Waals surface area contributed by atoms with Gasteiger partial charge >= 0.3 is 0 Å². The molecule has 2 N–H and O–H groups in total. The summed E-state index contributed by atoms with van der Waals surface area (Å²) >= 11 is 1.71. The molecule has 0 spiro atoms. The number of thiazole rings is 1. The Hall–Kier alpha value is -2.28. The molecule has 0 aliphatic carbocycles. The van der Waals surface area contributed by atoms with Crippen molar-refractivity contribution in [2.75, 3.05) is 20.3 Å². The summed E-state index contributed by atoms with van der Waals surface area (Å²) in [4.78, 5) is 10.5. The molecule has 0 bridgehead atoms. The largest absolute Gasteiger partial charge is 0.493 e. The van der Waals surface area contributed by atoms with Crippen LogP contribution in [-0.2, 0) is 13.1 Å². The first-order valence-electron chi connectivity index (χ1n) is 8.82. The van der Waals surface area contributed by atoms with Crippen molar-refractivity contribution in [1.29, 1.82) is 0 Å². The molecule has 6 nitrogen and oxygen atoms in total. The van der Waals surface area contributed by atoms with E-state index in [-0.39, 0.29) is 0 Å². The lowest BCUT2D eigenvalue weighted by Gasteiger charge is -2.12. The number of hydrogen-bond acceptors (Lipinski definition) is 5. The fourth-order valence-corrected chi connectivity index (χ4v) is 3.25. The molecule has 0 amide bonds. The molecule has 1 aromatic carbocycles. The zero-order valence-electron chi connectivity index (χ0n) is 16.2. The van der Waals surface area contributed by atoms with Crippen molar-refractivity contribution in [3.8, 4) is 11.5 Å². The molecule has 142 valence electrons. The SMILES string of the molecule is CCNC(=NCc1ccc(OC)c(OCC)c1)NCc1nc(C)c(C)s1. The summed E-state index contributed by atoms with van der Waals surface area (Å²) < 4.78 is 11.0. The first-order chi connectivity index (χ1) is 12.6. The quantitative estimate of drug-likeness (QED) is 0.546. The van der Waals surface area contributed by atoms with E-state index >= 15 is 0 Å². The number of guanidine groups is 1. The summed E-state index contributed by atoms with van der Waals surface area (Å²) in [5.41, 5.74) is 2.16. The van der Waals surface area contributed by atoms with Crippen LogP contribution in [0.4, 0.5) is 0 Å². The average Bonchev–Trinajstić information content (AvgIpc) is 2.96. The van der Waals surface area contributed by atoms with E-state index in [0.29, 0.717) is 19.7 Å². The topological polar surface area (TPSA) is 67.8 Å². The van der Waals surface area contributed by atoms with Gasteiger partial charge in [-0.3, -0.25) is 0 Å². The van der Waals surface area contributed by atoms with E-state index in [1.54, 1.807) is 18.4 Å². The van der Waals surface area contributed by atoms with Crippen LogP contribution in [0.15, 0.2) is 23.2 Å². The van der Waals surface area contributed by atoms with E-state index in [9.17, 15) is 0 Å². The number of methoxy groups -OCH3 is 1. The van der Waals surface area contributed by atoms with Crippen molar-refractivity contribution in [1.82, 2.24) is 15.6 Å². The number of aliphatic imine (C=N–C) groups is 1. The standard InChI is InChI=1S/C19H28N4O2S/c1-6-20-19(22-12-18-23-13(3)14(4)26-18)21-11-15-8-9-16(24-5)17(10-15)25-7-2/h8-10H,6-7,11-12H2,1-5H3,(H2,20,21,22). The minimum absolute atomic E-state index is 0.551. The van der Waals surface area contributed by atoms with Gasteiger partial charge in [0.05, 0.1) is 32.5 Å². The van der Waals surface area contributed by atoms with E-state index < -0.39 is 0 Å². The van der Waals surface area contributed by atoms with Gasteiger partial charge in [0.15, 0.2) is 17.5 Å².